The van der Waals surface area contributed by atoms with Gasteiger partial charge in [0.25, 0.3) is 0 Å². The van der Waals surface area contributed by atoms with Crippen LogP contribution in [0.25, 0.3) is 16.3 Å². The first-order chi connectivity index (χ1) is 16.2. The normalized spacial score (nSPS) is 17.0. The smallest absolute Gasteiger partial charge is 0.142 e. The van der Waals surface area contributed by atoms with Gasteiger partial charge >= 0.3 is 0 Å². The lowest BCUT2D eigenvalue weighted by atomic mass is 9.94. The molecule has 5 rings (SSSR count). The summed E-state index contributed by atoms with van der Waals surface area (Å²) in [6, 6.07) is 13.6. The Labute approximate surface area is 197 Å². The van der Waals surface area contributed by atoms with E-state index < -0.39 is 0 Å². The number of nitrogens with zero attached hydrogens (tertiary/aromatic N) is 3. The van der Waals surface area contributed by atoms with Gasteiger partial charge in [0, 0.05) is 13.1 Å². The highest BCUT2D eigenvalue weighted by molar-refractivity contribution is 5.94. The SMILES string of the molecule is CCCCc1ccc2cc(C3=CCCN(CC4CCNCC4)c4ncnc(N)c43)ccc2c1. The maximum atomic E-state index is 6.48. The van der Waals surface area contributed by atoms with Crippen molar-refractivity contribution in [2.45, 2.75) is 45.4 Å². The van der Waals surface area contributed by atoms with Gasteiger partial charge in [-0.3, -0.25) is 0 Å². The lowest BCUT2D eigenvalue weighted by Crippen LogP contribution is -2.37. The van der Waals surface area contributed by atoms with Gasteiger partial charge in [0.2, 0.25) is 0 Å². The second-order valence-corrected chi connectivity index (χ2v) is 9.50. The molecule has 1 fully saturated rings. The maximum Gasteiger partial charge on any atom is 0.142 e. The van der Waals surface area contributed by atoms with Crippen LogP contribution < -0.4 is 16.0 Å². The van der Waals surface area contributed by atoms with E-state index in [0.717, 1.165) is 56.0 Å². The third-order valence-corrected chi connectivity index (χ3v) is 7.14. The first-order valence-corrected chi connectivity index (χ1v) is 12.5. The minimum Gasteiger partial charge on any atom is -0.383 e. The molecular formula is C28H35N5. The molecule has 1 saturated heterocycles. The number of piperidine rings is 1. The van der Waals surface area contributed by atoms with E-state index in [1.807, 2.05) is 0 Å². The van der Waals surface area contributed by atoms with Crippen LogP contribution in [-0.4, -0.2) is 36.1 Å². The molecule has 3 N–H and O–H groups in total. The topological polar surface area (TPSA) is 67.1 Å². The van der Waals surface area contributed by atoms with Gasteiger partial charge in [-0.1, -0.05) is 49.8 Å². The van der Waals surface area contributed by atoms with E-state index in [4.69, 9.17) is 10.7 Å². The molecule has 0 bridgehead atoms. The molecule has 0 aliphatic carbocycles. The van der Waals surface area contributed by atoms with Crippen LogP contribution in [0.1, 0.15) is 55.7 Å². The van der Waals surface area contributed by atoms with E-state index in [-0.39, 0.29) is 0 Å². The lowest BCUT2D eigenvalue weighted by molar-refractivity contribution is 0.373. The average Bonchev–Trinajstić information content (AvgIpc) is 3.03. The number of rotatable bonds is 6. The van der Waals surface area contributed by atoms with Crippen LogP contribution in [0.5, 0.6) is 0 Å². The van der Waals surface area contributed by atoms with Crippen molar-refractivity contribution in [1.29, 1.82) is 0 Å². The van der Waals surface area contributed by atoms with Crippen LogP contribution in [0.2, 0.25) is 0 Å². The maximum absolute atomic E-state index is 6.48. The molecule has 0 amide bonds. The summed E-state index contributed by atoms with van der Waals surface area (Å²) in [6.45, 7) is 6.46. The average molecular weight is 442 g/mol. The molecule has 0 atom stereocenters. The van der Waals surface area contributed by atoms with E-state index in [0.29, 0.717) is 11.7 Å². The minimum atomic E-state index is 0.568. The van der Waals surface area contributed by atoms with Crippen molar-refractivity contribution in [3.8, 4) is 0 Å². The van der Waals surface area contributed by atoms with E-state index in [9.17, 15) is 0 Å². The number of fused-ring (bicyclic) bond motifs is 2. The number of nitrogen functional groups attached to an aromatic ring is 1. The molecule has 172 valence electrons. The molecule has 2 aliphatic rings. The summed E-state index contributed by atoms with van der Waals surface area (Å²) in [7, 11) is 0. The number of nitrogens with two attached hydrogens (primary N) is 1. The third kappa shape index (κ3) is 4.74. The zero-order valence-electron chi connectivity index (χ0n) is 19.7. The van der Waals surface area contributed by atoms with Crippen LogP contribution in [-0.2, 0) is 6.42 Å². The van der Waals surface area contributed by atoms with Crippen molar-refractivity contribution in [3.63, 3.8) is 0 Å². The molecule has 3 heterocycles. The second kappa shape index (κ2) is 9.92. The Morgan fingerprint density at radius 3 is 2.73 bits per heavy atom. The highest BCUT2D eigenvalue weighted by Gasteiger charge is 2.25. The number of anilines is 2. The first-order valence-electron chi connectivity index (χ1n) is 12.5. The molecule has 33 heavy (non-hydrogen) atoms. The molecule has 2 aromatic carbocycles. The fraction of sp³-hybridized carbons (Fsp3) is 0.429. The number of aromatic nitrogens is 2. The molecule has 0 unspecified atom stereocenters. The summed E-state index contributed by atoms with van der Waals surface area (Å²) >= 11 is 0. The summed E-state index contributed by atoms with van der Waals surface area (Å²) < 4.78 is 0. The Hall–Kier alpha value is -2.92. The van der Waals surface area contributed by atoms with Crippen LogP contribution in [0.15, 0.2) is 48.8 Å². The summed E-state index contributed by atoms with van der Waals surface area (Å²) in [4.78, 5) is 11.6. The lowest BCUT2D eigenvalue weighted by Gasteiger charge is -2.31. The van der Waals surface area contributed by atoms with Crippen molar-refractivity contribution in [2.24, 2.45) is 5.92 Å². The van der Waals surface area contributed by atoms with Gasteiger partial charge in [0.1, 0.15) is 18.0 Å². The Kier molecular flexibility index (Phi) is 6.58. The Bertz CT molecular complexity index is 1150. The van der Waals surface area contributed by atoms with Crippen molar-refractivity contribution in [3.05, 3.63) is 65.5 Å². The predicted molar refractivity (Wildman–Crippen MR) is 139 cm³/mol. The second-order valence-electron chi connectivity index (χ2n) is 9.50. The van der Waals surface area contributed by atoms with Gasteiger partial charge in [-0.25, -0.2) is 9.97 Å². The van der Waals surface area contributed by atoms with E-state index in [2.05, 4.69) is 64.6 Å². The summed E-state index contributed by atoms with van der Waals surface area (Å²) in [5.41, 5.74) is 11.2. The van der Waals surface area contributed by atoms with Gasteiger partial charge < -0.3 is 16.0 Å². The Morgan fingerprint density at radius 2 is 1.88 bits per heavy atom. The number of hydrogen-bond acceptors (Lipinski definition) is 5. The molecule has 3 aromatic rings. The molecular weight excluding hydrogens is 406 g/mol. The summed E-state index contributed by atoms with van der Waals surface area (Å²) in [5, 5.41) is 6.04. The largest absolute Gasteiger partial charge is 0.383 e. The van der Waals surface area contributed by atoms with Crippen molar-refractivity contribution in [1.82, 2.24) is 15.3 Å². The van der Waals surface area contributed by atoms with Gasteiger partial charge in [0.15, 0.2) is 0 Å². The molecule has 2 aliphatic heterocycles. The van der Waals surface area contributed by atoms with Crippen molar-refractivity contribution >= 4 is 28.0 Å². The van der Waals surface area contributed by atoms with Crippen LogP contribution in [0.4, 0.5) is 11.6 Å². The number of nitrogens with one attached hydrogen (secondary N) is 1. The molecule has 0 saturated carbocycles. The van der Waals surface area contributed by atoms with Crippen LogP contribution in [0, 0.1) is 5.92 Å². The highest BCUT2D eigenvalue weighted by Crippen LogP contribution is 2.37. The summed E-state index contributed by atoms with van der Waals surface area (Å²) in [6.07, 6.45) is 11.0. The van der Waals surface area contributed by atoms with E-state index in [1.165, 1.54) is 47.6 Å². The predicted octanol–water partition coefficient (Wildman–Crippen LogP) is 5.20. The van der Waals surface area contributed by atoms with Gasteiger partial charge in [-0.15, -0.1) is 0 Å². The van der Waals surface area contributed by atoms with E-state index >= 15 is 0 Å². The number of hydrogen-bond donors (Lipinski definition) is 2. The fourth-order valence-corrected chi connectivity index (χ4v) is 5.28. The van der Waals surface area contributed by atoms with Gasteiger partial charge in [-0.05, 0) is 84.7 Å². The monoisotopic (exact) mass is 441 g/mol. The van der Waals surface area contributed by atoms with Crippen LogP contribution in [0.3, 0.4) is 0 Å². The quantitative estimate of drug-likeness (QED) is 0.551. The van der Waals surface area contributed by atoms with Crippen molar-refractivity contribution < 1.29 is 0 Å². The molecule has 5 nitrogen and oxygen atoms in total. The minimum absolute atomic E-state index is 0.568. The van der Waals surface area contributed by atoms with Crippen LogP contribution >= 0.6 is 0 Å². The molecule has 1 aromatic heterocycles. The Balaban J connectivity index is 1.48. The standard InChI is InChI=1S/C28H35N5/c1-2-3-5-20-7-8-23-17-24(10-9-22(23)16-20)25-6-4-15-33(18-21-11-13-30-14-12-21)28-26(25)27(29)31-19-32-28/h6-10,16-17,19,21,30H,2-5,11-15,18H2,1H3,(H2,29,31,32). The van der Waals surface area contributed by atoms with Crippen molar-refractivity contribution in [2.75, 3.05) is 36.8 Å². The number of aryl methyl sites for hydroxylation is 1. The molecule has 0 radical (unpaired) electrons. The van der Waals surface area contributed by atoms with Gasteiger partial charge in [-0.2, -0.15) is 0 Å². The zero-order valence-corrected chi connectivity index (χ0v) is 19.7. The highest BCUT2D eigenvalue weighted by atomic mass is 15.2. The van der Waals surface area contributed by atoms with E-state index in [1.54, 1.807) is 6.33 Å². The Morgan fingerprint density at radius 1 is 1.06 bits per heavy atom. The summed E-state index contributed by atoms with van der Waals surface area (Å²) in [5.74, 6) is 2.25. The molecule has 0 spiro atoms. The number of benzene rings is 2. The van der Waals surface area contributed by atoms with Gasteiger partial charge in [0.05, 0.1) is 5.56 Å². The first kappa shape index (κ1) is 21.9. The molecule has 5 heteroatoms. The fourth-order valence-electron chi connectivity index (χ4n) is 5.28. The number of unbranched alkanes of at least 4 members (excludes halogenated alkanes) is 1. The zero-order chi connectivity index (χ0) is 22.6. The third-order valence-electron chi connectivity index (χ3n) is 7.14.